The number of rotatable bonds is 7. The summed E-state index contributed by atoms with van der Waals surface area (Å²) in [5.74, 6) is -0.797. The van der Waals surface area contributed by atoms with Crippen molar-refractivity contribution in [3.8, 4) is 17.2 Å². The number of nitrogens with zero attached hydrogens (tertiary/aromatic N) is 2. The number of nitriles is 1. The molecule has 2 aromatic rings. The van der Waals surface area contributed by atoms with Crippen LogP contribution in [0.2, 0.25) is 0 Å². The summed E-state index contributed by atoms with van der Waals surface area (Å²) in [6.07, 6.45) is 2.71. The minimum atomic E-state index is -0.898. The summed E-state index contributed by atoms with van der Waals surface area (Å²) in [5, 5.41) is 12.6. The lowest BCUT2D eigenvalue weighted by Gasteiger charge is -2.39. The van der Waals surface area contributed by atoms with Crippen molar-refractivity contribution in [2.24, 2.45) is 11.1 Å². The van der Waals surface area contributed by atoms with Crippen LogP contribution in [0.15, 0.2) is 54.6 Å². The van der Waals surface area contributed by atoms with Crippen molar-refractivity contribution in [2.45, 2.75) is 38.6 Å². The molecule has 0 aliphatic carbocycles. The van der Waals surface area contributed by atoms with E-state index in [1.54, 1.807) is 13.8 Å². The van der Waals surface area contributed by atoms with E-state index < -0.39 is 16.9 Å². The number of hydrogen-bond acceptors (Lipinski definition) is 4. The van der Waals surface area contributed by atoms with E-state index in [4.69, 9.17) is 5.73 Å². The normalized spacial score (nSPS) is 15.7. The summed E-state index contributed by atoms with van der Waals surface area (Å²) in [6, 6.07) is 20.9. The molecule has 1 fully saturated rings. The number of primary amides is 1. The SMILES string of the molecule is CC(C)(C[CH]C(=O)NC1(C#N)CCN(c2ccc(-c3ccccc3)cc2)CC1)C(N)=O. The first-order valence-corrected chi connectivity index (χ1v) is 10.5. The van der Waals surface area contributed by atoms with Crippen molar-refractivity contribution in [3.05, 3.63) is 61.0 Å². The van der Waals surface area contributed by atoms with E-state index in [9.17, 15) is 14.9 Å². The molecule has 3 N–H and O–H groups in total. The molecule has 0 bridgehead atoms. The summed E-state index contributed by atoms with van der Waals surface area (Å²) in [6.45, 7) is 4.73. The Morgan fingerprint density at radius 2 is 1.68 bits per heavy atom. The van der Waals surface area contributed by atoms with Gasteiger partial charge in [-0.1, -0.05) is 56.3 Å². The number of hydrogen-bond donors (Lipinski definition) is 2. The average molecular weight is 418 g/mol. The molecule has 31 heavy (non-hydrogen) atoms. The van der Waals surface area contributed by atoms with Crippen LogP contribution in [-0.2, 0) is 9.59 Å². The number of anilines is 1. The molecule has 6 nitrogen and oxygen atoms in total. The Morgan fingerprint density at radius 3 is 2.23 bits per heavy atom. The highest BCUT2D eigenvalue weighted by atomic mass is 16.2. The third-order valence-electron chi connectivity index (χ3n) is 6.00. The van der Waals surface area contributed by atoms with Gasteiger partial charge in [0.1, 0.15) is 5.54 Å². The van der Waals surface area contributed by atoms with Crippen LogP contribution in [0.4, 0.5) is 5.69 Å². The topological polar surface area (TPSA) is 99.2 Å². The second-order valence-electron chi connectivity index (χ2n) is 8.74. The lowest BCUT2D eigenvalue weighted by Crippen LogP contribution is -2.54. The van der Waals surface area contributed by atoms with E-state index in [0.717, 1.165) is 11.3 Å². The predicted octanol–water partition coefficient (Wildman–Crippen LogP) is 3.44. The Bertz CT molecular complexity index is 953. The van der Waals surface area contributed by atoms with Gasteiger partial charge in [0.2, 0.25) is 11.8 Å². The van der Waals surface area contributed by atoms with E-state index >= 15 is 0 Å². The molecule has 161 valence electrons. The second-order valence-corrected chi connectivity index (χ2v) is 8.74. The summed E-state index contributed by atoms with van der Waals surface area (Å²) in [7, 11) is 0. The molecule has 1 radical (unpaired) electrons. The first-order chi connectivity index (χ1) is 14.7. The smallest absolute Gasteiger partial charge is 0.225 e. The highest BCUT2D eigenvalue weighted by molar-refractivity contribution is 5.87. The van der Waals surface area contributed by atoms with E-state index in [0.29, 0.717) is 25.9 Å². The fourth-order valence-corrected chi connectivity index (χ4v) is 3.64. The van der Waals surface area contributed by atoms with Gasteiger partial charge in [0.05, 0.1) is 12.5 Å². The molecule has 1 saturated heterocycles. The van der Waals surface area contributed by atoms with Crippen LogP contribution in [0.3, 0.4) is 0 Å². The second kappa shape index (κ2) is 9.22. The molecule has 0 saturated carbocycles. The largest absolute Gasteiger partial charge is 0.371 e. The molecule has 0 aromatic heterocycles. The third-order valence-corrected chi connectivity index (χ3v) is 6.00. The van der Waals surface area contributed by atoms with Crippen molar-refractivity contribution < 1.29 is 9.59 Å². The maximum absolute atomic E-state index is 12.4. The summed E-state index contributed by atoms with van der Waals surface area (Å²) < 4.78 is 0. The Hall–Kier alpha value is -3.33. The van der Waals surface area contributed by atoms with Gasteiger partial charge in [-0.2, -0.15) is 5.26 Å². The van der Waals surface area contributed by atoms with Gasteiger partial charge in [-0.15, -0.1) is 0 Å². The van der Waals surface area contributed by atoms with Gasteiger partial charge in [-0.3, -0.25) is 9.59 Å². The van der Waals surface area contributed by atoms with Crippen molar-refractivity contribution in [1.82, 2.24) is 5.32 Å². The summed E-state index contributed by atoms with van der Waals surface area (Å²) >= 11 is 0. The van der Waals surface area contributed by atoms with Gasteiger partial charge in [0.15, 0.2) is 0 Å². The number of carbonyl (C=O) groups excluding carboxylic acids is 2. The van der Waals surface area contributed by atoms with Crippen LogP contribution in [0.25, 0.3) is 11.1 Å². The lowest BCUT2D eigenvalue weighted by molar-refractivity contribution is -0.126. The number of carbonyl (C=O) groups is 2. The number of piperidine rings is 1. The van der Waals surface area contributed by atoms with Crippen molar-refractivity contribution >= 4 is 17.5 Å². The summed E-state index contributed by atoms with van der Waals surface area (Å²) in [4.78, 5) is 26.0. The van der Waals surface area contributed by atoms with Crippen LogP contribution < -0.4 is 16.0 Å². The van der Waals surface area contributed by atoms with Crippen LogP contribution in [0, 0.1) is 23.2 Å². The van der Waals surface area contributed by atoms with Gasteiger partial charge in [0.25, 0.3) is 0 Å². The fraction of sp³-hybridized carbons (Fsp3) is 0.360. The molecular formula is C25H29N4O2. The maximum atomic E-state index is 12.4. The van der Waals surface area contributed by atoms with Gasteiger partial charge < -0.3 is 16.0 Å². The average Bonchev–Trinajstić information content (AvgIpc) is 2.79. The molecule has 1 aliphatic rings. The zero-order chi connectivity index (χ0) is 22.5. The number of nitrogens with one attached hydrogen (secondary N) is 1. The minimum Gasteiger partial charge on any atom is -0.371 e. The van der Waals surface area contributed by atoms with Gasteiger partial charge in [0, 0.05) is 37.0 Å². The Balaban J connectivity index is 1.57. The van der Waals surface area contributed by atoms with E-state index in [2.05, 4.69) is 52.7 Å². The van der Waals surface area contributed by atoms with Crippen molar-refractivity contribution in [3.63, 3.8) is 0 Å². The number of benzene rings is 2. The van der Waals surface area contributed by atoms with E-state index in [1.807, 2.05) is 18.2 Å². The molecule has 1 heterocycles. The highest BCUT2D eigenvalue weighted by Crippen LogP contribution is 2.29. The van der Waals surface area contributed by atoms with Crippen molar-refractivity contribution in [1.29, 1.82) is 5.26 Å². The Kier molecular flexibility index (Phi) is 6.65. The lowest BCUT2D eigenvalue weighted by atomic mass is 9.85. The predicted molar refractivity (Wildman–Crippen MR) is 122 cm³/mol. The van der Waals surface area contributed by atoms with E-state index in [-0.39, 0.29) is 12.3 Å². The molecular weight excluding hydrogens is 388 g/mol. The first-order valence-electron chi connectivity index (χ1n) is 10.5. The maximum Gasteiger partial charge on any atom is 0.225 e. The molecule has 1 aliphatic heterocycles. The molecule has 2 aromatic carbocycles. The third kappa shape index (κ3) is 5.43. The number of amides is 2. The molecule has 3 rings (SSSR count). The first kappa shape index (κ1) is 22.4. The quantitative estimate of drug-likeness (QED) is 0.721. The molecule has 2 amide bonds. The van der Waals surface area contributed by atoms with Crippen LogP contribution in [0.1, 0.15) is 33.1 Å². The monoisotopic (exact) mass is 417 g/mol. The molecule has 0 atom stereocenters. The molecule has 0 spiro atoms. The van der Waals surface area contributed by atoms with E-state index in [1.165, 1.54) is 12.0 Å². The van der Waals surface area contributed by atoms with Gasteiger partial charge in [-0.25, -0.2) is 0 Å². The van der Waals surface area contributed by atoms with Crippen LogP contribution in [0.5, 0.6) is 0 Å². The molecule has 0 unspecified atom stereocenters. The van der Waals surface area contributed by atoms with Gasteiger partial charge in [-0.05, 0) is 29.7 Å². The zero-order valence-corrected chi connectivity index (χ0v) is 18.1. The number of nitrogens with two attached hydrogens (primary N) is 1. The fourth-order valence-electron chi connectivity index (χ4n) is 3.64. The Labute approximate surface area is 184 Å². The van der Waals surface area contributed by atoms with Crippen molar-refractivity contribution in [2.75, 3.05) is 18.0 Å². The highest BCUT2D eigenvalue weighted by Gasteiger charge is 2.37. The summed E-state index contributed by atoms with van der Waals surface area (Å²) in [5.41, 5.74) is 7.10. The Morgan fingerprint density at radius 1 is 1.10 bits per heavy atom. The standard InChI is InChI=1S/C25H29N4O2/c1-24(2,23(27)31)13-12-22(30)28-25(18-26)14-16-29(17-15-25)21-10-8-20(9-11-21)19-6-4-3-5-7-19/h3-12H,13-17H2,1-2H3,(H2,27,31)(H,28,30). The van der Waals surface area contributed by atoms with Gasteiger partial charge >= 0.3 is 0 Å². The molecule has 6 heteroatoms. The van der Waals surface area contributed by atoms with Crippen LogP contribution >= 0.6 is 0 Å². The van der Waals surface area contributed by atoms with Crippen LogP contribution in [-0.4, -0.2) is 30.4 Å². The zero-order valence-electron chi connectivity index (χ0n) is 18.1. The minimum absolute atomic E-state index is 0.232.